The van der Waals surface area contributed by atoms with Crippen molar-refractivity contribution in [3.8, 4) is 68.0 Å². The first kappa shape index (κ1) is 55.2. The third-order valence-electron chi connectivity index (χ3n) is 22.7. The van der Waals surface area contributed by atoms with Gasteiger partial charge in [0, 0.05) is 115 Å². The van der Waals surface area contributed by atoms with Crippen LogP contribution in [0.1, 0.15) is 0 Å². The molecule has 0 atom stereocenters. The number of rotatable bonds is 7. The maximum absolute atomic E-state index is 5.73. The first-order chi connectivity index (χ1) is 51.2. The van der Waals surface area contributed by atoms with Gasteiger partial charge in [0.15, 0.2) is 5.82 Å². The number of hydrogen-bond donors (Lipinski definition) is 0. The number of fused-ring (bicyclic) bond motifs is 26. The molecule has 0 spiro atoms. The second-order valence-corrected chi connectivity index (χ2v) is 27.9. The molecular weight excluding hydrogens is 1250 g/mol. The van der Waals surface area contributed by atoms with E-state index in [1.807, 2.05) is 0 Å². The summed E-state index contributed by atoms with van der Waals surface area (Å²) < 4.78 is 15.4. The van der Waals surface area contributed by atoms with Crippen LogP contribution in [-0.2, 0) is 0 Å². The lowest BCUT2D eigenvalue weighted by Crippen LogP contribution is -2.59. The molecule has 0 unspecified atom stereocenters. The number of para-hydroxylation sites is 8. The zero-order chi connectivity index (χ0) is 66.9. The Bertz CT molecular complexity index is 7010. The SMILES string of the molecule is c1ccc(-c2cc(-c3ccccc3)nc(-c3cc4c5c(c3)-n3c6ccc7c(c8ccccc8n7-c7ccccc7)c6c6c7c8ccccc8n(-c8ccccc8)c7cc(c63)B5c3cc5c(c6ccccc6n5-c5ccccc5)c5c6c7c8ccccc8n(-c8ccccc8)c7ccc6n-4c35)n2)cc1. The van der Waals surface area contributed by atoms with Crippen molar-refractivity contribution in [2.45, 2.75) is 0 Å². The van der Waals surface area contributed by atoms with E-state index in [0.717, 1.165) is 117 Å². The fraction of sp³-hybridized carbons (Fsp3) is 0. The van der Waals surface area contributed by atoms with Gasteiger partial charge in [0.2, 0.25) is 0 Å². The molecule has 0 aliphatic carbocycles. The van der Waals surface area contributed by atoms with E-state index < -0.39 is 0 Å². The van der Waals surface area contributed by atoms with Crippen molar-refractivity contribution in [2.24, 2.45) is 0 Å². The number of nitrogens with zero attached hydrogens (tertiary/aromatic N) is 8. The molecule has 474 valence electrons. The second-order valence-electron chi connectivity index (χ2n) is 27.9. The summed E-state index contributed by atoms with van der Waals surface area (Å²) in [7, 11) is 0. The molecule has 24 rings (SSSR count). The average Bonchev–Trinajstić information content (AvgIpc) is 1.46. The van der Waals surface area contributed by atoms with E-state index in [1.54, 1.807) is 0 Å². The highest BCUT2D eigenvalue weighted by Gasteiger charge is 2.44. The molecule has 0 fully saturated rings. The number of aromatic nitrogens is 8. The van der Waals surface area contributed by atoms with Gasteiger partial charge in [0.25, 0.3) is 6.71 Å². The van der Waals surface area contributed by atoms with Crippen LogP contribution in [0.15, 0.2) is 334 Å². The molecule has 103 heavy (non-hydrogen) atoms. The van der Waals surface area contributed by atoms with Crippen molar-refractivity contribution in [3.63, 3.8) is 0 Å². The molecule has 9 heterocycles. The minimum atomic E-state index is -0.310. The fourth-order valence-corrected chi connectivity index (χ4v) is 18.8. The summed E-state index contributed by atoms with van der Waals surface area (Å²) in [5, 5.41) is 14.6. The van der Waals surface area contributed by atoms with Gasteiger partial charge in [-0.25, -0.2) is 9.97 Å². The Morgan fingerprint density at radius 3 is 0.854 bits per heavy atom. The number of hydrogen-bond acceptors (Lipinski definition) is 2. The predicted molar refractivity (Wildman–Crippen MR) is 429 cm³/mol. The van der Waals surface area contributed by atoms with E-state index in [4.69, 9.17) is 9.97 Å². The fourth-order valence-electron chi connectivity index (χ4n) is 18.8. The molecular formula is C94H55BN8. The molecule has 7 aromatic heterocycles. The summed E-state index contributed by atoms with van der Waals surface area (Å²) in [6, 6.07) is 123. The van der Waals surface area contributed by atoms with Crippen LogP contribution >= 0.6 is 0 Å². The standard InChI is InChI=1S/C94H55BN8/c1-7-27-56(28-8-1)69-55-70(57-29-9-2-10-30-57)97-94(96-69)58-51-81-91-82(52-58)103-78-50-48-76-84(64-40-20-24-44-72(64)99(76)60-33-13-4-14-34-60)88(78)90-86-66-42-22-26-46-74(66)101(62-37-17-6-18-38-62)80(86)54-68(93(90)103)95(91)67-53-79-85(65-41-21-25-45-73(65)100(79)61-35-15-5-16-36-61)89-87-77(102(81)92(67)89)49-47-75-83(87)63-39-19-23-43-71(63)98(75)59-31-11-3-12-32-59/h1-55H. The van der Waals surface area contributed by atoms with Crippen LogP contribution < -0.4 is 16.4 Å². The maximum Gasteiger partial charge on any atom is 0.252 e. The molecule has 0 amide bonds. The van der Waals surface area contributed by atoms with Gasteiger partial charge in [-0.1, -0.05) is 206 Å². The Hall–Kier alpha value is -13.8. The Kier molecular flexibility index (Phi) is 11.0. The van der Waals surface area contributed by atoms with Gasteiger partial charge < -0.3 is 27.4 Å². The minimum Gasteiger partial charge on any atom is -0.310 e. The summed E-state index contributed by atoms with van der Waals surface area (Å²) in [5.74, 6) is 0.650. The van der Waals surface area contributed by atoms with Crippen LogP contribution in [0.2, 0.25) is 0 Å². The zero-order valence-corrected chi connectivity index (χ0v) is 55.4. The molecule has 0 saturated carbocycles. The Morgan fingerprint density at radius 2 is 0.505 bits per heavy atom. The van der Waals surface area contributed by atoms with E-state index in [9.17, 15) is 0 Å². The molecule has 0 N–H and O–H groups in total. The first-order valence-corrected chi connectivity index (χ1v) is 35.5. The van der Waals surface area contributed by atoms with E-state index in [2.05, 4.69) is 361 Å². The first-order valence-electron chi connectivity index (χ1n) is 35.5. The molecule has 0 saturated heterocycles. The van der Waals surface area contributed by atoms with Gasteiger partial charge in [0.05, 0.1) is 77.6 Å². The van der Waals surface area contributed by atoms with Gasteiger partial charge in [-0.15, -0.1) is 0 Å². The third-order valence-corrected chi connectivity index (χ3v) is 22.7. The quantitative estimate of drug-likeness (QED) is 0.149. The van der Waals surface area contributed by atoms with E-state index in [0.29, 0.717) is 5.82 Å². The Morgan fingerprint density at radius 1 is 0.214 bits per heavy atom. The monoisotopic (exact) mass is 1310 g/mol. The summed E-state index contributed by atoms with van der Waals surface area (Å²) in [6.07, 6.45) is 0. The largest absolute Gasteiger partial charge is 0.310 e. The smallest absolute Gasteiger partial charge is 0.252 e. The predicted octanol–water partition coefficient (Wildman–Crippen LogP) is 21.2. The van der Waals surface area contributed by atoms with Crippen LogP contribution in [0, 0.1) is 0 Å². The van der Waals surface area contributed by atoms with Crippen molar-refractivity contribution in [1.29, 1.82) is 0 Å². The minimum absolute atomic E-state index is 0.310. The molecule has 8 nitrogen and oxygen atoms in total. The van der Waals surface area contributed by atoms with Gasteiger partial charge in [-0.2, -0.15) is 0 Å². The highest BCUT2D eigenvalue weighted by Crippen LogP contribution is 2.52. The molecule has 0 radical (unpaired) electrons. The van der Waals surface area contributed by atoms with Crippen molar-refractivity contribution >= 4 is 154 Å². The van der Waals surface area contributed by atoms with E-state index >= 15 is 0 Å². The molecule has 2 aliphatic rings. The van der Waals surface area contributed by atoms with Gasteiger partial charge >= 0.3 is 0 Å². The van der Waals surface area contributed by atoms with Crippen LogP contribution in [0.4, 0.5) is 0 Å². The molecule has 0 bridgehead atoms. The summed E-state index contributed by atoms with van der Waals surface area (Å²) in [4.78, 5) is 11.5. The van der Waals surface area contributed by atoms with E-state index in [-0.39, 0.29) is 6.71 Å². The van der Waals surface area contributed by atoms with Crippen molar-refractivity contribution in [2.75, 3.05) is 0 Å². The topological polar surface area (TPSA) is 55.4 Å². The van der Waals surface area contributed by atoms with Crippen molar-refractivity contribution in [1.82, 2.24) is 37.4 Å². The average molecular weight is 1310 g/mol. The maximum atomic E-state index is 5.73. The Labute approximate surface area is 589 Å². The highest BCUT2D eigenvalue weighted by molar-refractivity contribution is 7.01. The van der Waals surface area contributed by atoms with Crippen LogP contribution in [0.3, 0.4) is 0 Å². The van der Waals surface area contributed by atoms with Crippen molar-refractivity contribution in [3.05, 3.63) is 334 Å². The molecule has 22 aromatic rings. The lowest BCUT2D eigenvalue weighted by atomic mass is 9.34. The zero-order valence-electron chi connectivity index (χ0n) is 55.4. The summed E-state index contributed by atoms with van der Waals surface area (Å²) in [5.41, 5.74) is 29.0. The van der Waals surface area contributed by atoms with Gasteiger partial charge in [0.1, 0.15) is 0 Å². The third kappa shape index (κ3) is 7.28. The van der Waals surface area contributed by atoms with Crippen LogP contribution in [0.25, 0.3) is 199 Å². The lowest BCUT2D eigenvalue weighted by molar-refractivity contribution is 1.13. The molecule has 15 aromatic carbocycles. The van der Waals surface area contributed by atoms with Crippen LogP contribution in [-0.4, -0.2) is 44.1 Å². The normalized spacial score (nSPS) is 12.6. The van der Waals surface area contributed by atoms with Crippen molar-refractivity contribution < 1.29 is 0 Å². The lowest BCUT2D eigenvalue weighted by Gasteiger charge is -2.34. The van der Waals surface area contributed by atoms with Gasteiger partial charge in [-0.3, -0.25) is 0 Å². The summed E-state index contributed by atoms with van der Waals surface area (Å²) in [6.45, 7) is -0.310. The highest BCUT2D eigenvalue weighted by atomic mass is 15.1. The number of benzene rings is 15. The summed E-state index contributed by atoms with van der Waals surface area (Å²) >= 11 is 0. The van der Waals surface area contributed by atoms with E-state index in [1.165, 1.54) is 92.1 Å². The Balaban J connectivity index is 0.958. The molecule has 2 aliphatic heterocycles. The molecule has 9 heteroatoms. The van der Waals surface area contributed by atoms with Gasteiger partial charge in [-0.05, 0) is 144 Å². The van der Waals surface area contributed by atoms with Crippen LogP contribution in [0.5, 0.6) is 0 Å². The second kappa shape index (κ2) is 20.4.